The van der Waals surface area contributed by atoms with Crippen molar-refractivity contribution in [3.05, 3.63) is 29.8 Å². The lowest BCUT2D eigenvalue weighted by atomic mass is 9.68. The van der Waals surface area contributed by atoms with Crippen molar-refractivity contribution >= 4 is 5.69 Å². The second-order valence-electron chi connectivity index (χ2n) is 7.87. The van der Waals surface area contributed by atoms with Crippen LogP contribution in [0.15, 0.2) is 24.3 Å². The van der Waals surface area contributed by atoms with Crippen LogP contribution in [0.4, 0.5) is 5.69 Å². The zero-order valence-electron chi connectivity index (χ0n) is 14.3. The predicted molar refractivity (Wildman–Crippen MR) is 90.7 cm³/mol. The monoisotopic (exact) mass is 289 g/mol. The molecule has 1 fully saturated rings. The quantitative estimate of drug-likeness (QED) is 0.899. The van der Waals surface area contributed by atoms with Gasteiger partial charge >= 0.3 is 0 Å². The molecule has 2 heteroatoms. The second-order valence-corrected chi connectivity index (χ2v) is 7.87. The molecule has 1 saturated carbocycles. The van der Waals surface area contributed by atoms with Crippen LogP contribution in [0.5, 0.6) is 0 Å². The van der Waals surface area contributed by atoms with Gasteiger partial charge in [-0.2, -0.15) is 0 Å². The van der Waals surface area contributed by atoms with Crippen LogP contribution in [0, 0.1) is 24.2 Å². The number of aliphatic hydroxyl groups excluding tert-OH is 1. The summed E-state index contributed by atoms with van der Waals surface area (Å²) in [5.74, 6) is 1.10. The number of benzene rings is 1. The Kier molecular flexibility index (Phi) is 4.98. The van der Waals surface area contributed by atoms with E-state index in [1.54, 1.807) is 0 Å². The minimum atomic E-state index is -0.143. The maximum atomic E-state index is 10.4. The molecule has 0 spiro atoms. The first-order valence-electron chi connectivity index (χ1n) is 8.24. The Hall–Kier alpha value is -1.02. The Morgan fingerprint density at radius 3 is 2.48 bits per heavy atom. The molecule has 0 aliphatic heterocycles. The number of hydrogen-bond acceptors (Lipinski definition) is 2. The molecule has 1 aliphatic carbocycles. The number of anilines is 1. The van der Waals surface area contributed by atoms with Crippen LogP contribution in [0.25, 0.3) is 0 Å². The Morgan fingerprint density at radius 1 is 1.19 bits per heavy atom. The number of aryl methyl sites for hydroxylation is 1. The molecule has 0 amide bonds. The number of rotatable bonds is 3. The molecule has 2 rings (SSSR count). The molecule has 0 aromatic heterocycles. The molecular weight excluding hydrogens is 258 g/mol. The molecule has 2 nitrogen and oxygen atoms in total. The standard InChI is InChI=1S/C19H31NO/c1-14-8-6-7-9-17(14)20(5)13-15-12-16(19(2,3)4)10-11-18(15)21/h6-9,15-16,18,21H,10-13H2,1-5H3. The van der Waals surface area contributed by atoms with Crippen LogP contribution in [-0.2, 0) is 0 Å². The maximum Gasteiger partial charge on any atom is 0.0585 e. The van der Waals surface area contributed by atoms with Crippen molar-refractivity contribution in [1.29, 1.82) is 0 Å². The lowest BCUT2D eigenvalue weighted by molar-refractivity contribution is 0.0229. The highest BCUT2D eigenvalue weighted by atomic mass is 16.3. The lowest BCUT2D eigenvalue weighted by Gasteiger charge is -2.41. The largest absolute Gasteiger partial charge is 0.393 e. The van der Waals surface area contributed by atoms with Gasteiger partial charge in [0.1, 0.15) is 0 Å². The Labute approximate surface area is 130 Å². The molecule has 1 aromatic carbocycles. The maximum absolute atomic E-state index is 10.4. The fourth-order valence-electron chi connectivity index (χ4n) is 3.67. The summed E-state index contributed by atoms with van der Waals surface area (Å²) in [7, 11) is 2.15. The van der Waals surface area contributed by atoms with Crippen molar-refractivity contribution in [3.8, 4) is 0 Å². The first kappa shape index (κ1) is 16.4. The van der Waals surface area contributed by atoms with Gasteiger partial charge in [-0.25, -0.2) is 0 Å². The van der Waals surface area contributed by atoms with Gasteiger partial charge < -0.3 is 10.0 Å². The van der Waals surface area contributed by atoms with Gasteiger partial charge in [0.15, 0.2) is 0 Å². The SMILES string of the molecule is Cc1ccccc1N(C)CC1CC(C(C)(C)C)CCC1O. The van der Waals surface area contributed by atoms with Crippen LogP contribution < -0.4 is 4.90 Å². The fourth-order valence-corrected chi connectivity index (χ4v) is 3.67. The van der Waals surface area contributed by atoms with Gasteiger partial charge in [0.2, 0.25) is 0 Å². The van der Waals surface area contributed by atoms with Crippen molar-refractivity contribution in [2.45, 2.75) is 53.1 Å². The van der Waals surface area contributed by atoms with E-state index in [2.05, 4.69) is 63.9 Å². The summed E-state index contributed by atoms with van der Waals surface area (Å²) in [4.78, 5) is 2.31. The van der Waals surface area contributed by atoms with Crippen LogP contribution in [-0.4, -0.2) is 24.8 Å². The third kappa shape index (κ3) is 4.00. The van der Waals surface area contributed by atoms with Gasteiger partial charge in [-0.05, 0) is 49.1 Å². The predicted octanol–water partition coefficient (Wildman–Crippen LogP) is 4.25. The Morgan fingerprint density at radius 2 is 1.86 bits per heavy atom. The van der Waals surface area contributed by atoms with Crippen molar-refractivity contribution in [2.24, 2.45) is 17.3 Å². The zero-order valence-corrected chi connectivity index (χ0v) is 14.3. The van der Waals surface area contributed by atoms with Crippen molar-refractivity contribution in [1.82, 2.24) is 0 Å². The van der Waals surface area contributed by atoms with Crippen molar-refractivity contribution in [2.75, 3.05) is 18.5 Å². The normalized spacial score (nSPS) is 26.7. The van der Waals surface area contributed by atoms with E-state index in [0.717, 1.165) is 31.7 Å². The van der Waals surface area contributed by atoms with Gasteiger partial charge in [-0.3, -0.25) is 0 Å². The van der Waals surface area contributed by atoms with Gasteiger partial charge in [0.25, 0.3) is 0 Å². The fraction of sp³-hybridized carbons (Fsp3) is 0.684. The van der Waals surface area contributed by atoms with Crippen molar-refractivity contribution in [3.63, 3.8) is 0 Å². The van der Waals surface area contributed by atoms with Crippen LogP contribution in [0.3, 0.4) is 0 Å². The molecule has 118 valence electrons. The first-order valence-corrected chi connectivity index (χ1v) is 8.24. The first-order chi connectivity index (χ1) is 9.79. The number of para-hydroxylation sites is 1. The highest BCUT2D eigenvalue weighted by Crippen LogP contribution is 2.40. The highest BCUT2D eigenvalue weighted by Gasteiger charge is 2.35. The topological polar surface area (TPSA) is 23.5 Å². The molecule has 0 bridgehead atoms. The lowest BCUT2D eigenvalue weighted by Crippen LogP contribution is -2.40. The molecule has 0 heterocycles. The Balaban J connectivity index is 2.05. The molecule has 0 saturated heterocycles. The van der Waals surface area contributed by atoms with E-state index in [-0.39, 0.29) is 6.10 Å². The molecule has 1 aliphatic rings. The summed E-state index contributed by atoms with van der Waals surface area (Å²) in [5, 5.41) is 10.4. The summed E-state index contributed by atoms with van der Waals surface area (Å²) in [6.07, 6.45) is 3.11. The van der Waals surface area contributed by atoms with E-state index in [1.807, 2.05) is 0 Å². The van der Waals surface area contributed by atoms with Gasteiger partial charge in [-0.1, -0.05) is 39.0 Å². The molecule has 21 heavy (non-hydrogen) atoms. The van der Waals surface area contributed by atoms with E-state index >= 15 is 0 Å². The van der Waals surface area contributed by atoms with Gasteiger partial charge in [0.05, 0.1) is 6.10 Å². The van der Waals surface area contributed by atoms with E-state index in [1.165, 1.54) is 11.3 Å². The number of nitrogens with zero attached hydrogens (tertiary/aromatic N) is 1. The number of hydrogen-bond donors (Lipinski definition) is 1. The molecule has 1 aromatic rings. The summed E-state index contributed by atoms with van der Waals surface area (Å²) in [5.41, 5.74) is 2.93. The van der Waals surface area contributed by atoms with E-state index < -0.39 is 0 Å². The molecule has 3 unspecified atom stereocenters. The van der Waals surface area contributed by atoms with Crippen LogP contribution in [0.1, 0.15) is 45.6 Å². The van der Waals surface area contributed by atoms with Crippen molar-refractivity contribution < 1.29 is 5.11 Å². The van der Waals surface area contributed by atoms with Gasteiger partial charge in [0, 0.05) is 25.2 Å². The van der Waals surface area contributed by atoms with Crippen LogP contribution in [0.2, 0.25) is 0 Å². The molecule has 0 radical (unpaired) electrons. The van der Waals surface area contributed by atoms with E-state index in [0.29, 0.717) is 11.3 Å². The highest BCUT2D eigenvalue weighted by molar-refractivity contribution is 5.52. The molecule has 3 atom stereocenters. The second kappa shape index (κ2) is 6.39. The third-order valence-electron chi connectivity index (χ3n) is 5.20. The minimum absolute atomic E-state index is 0.143. The molecular formula is C19H31NO. The zero-order chi connectivity index (χ0) is 15.6. The summed E-state index contributed by atoms with van der Waals surface area (Å²) < 4.78 is 0. The van der Waals surface area contributed by atoms with Gasteiger partial charge in [-0.15, -0.1) is 0 Å². The molecule has 1 N–H and O–H groups in total. The number of aliphatic hydroxyl groups is 1. The third-order valence-corrected chi connectivity index (χ3v) is 5.20. The summed E-state index contributed by atoms with van der Waals surface area (Å²) in [6.45, 7) is 10.1. The summed E-state index contributed by atoms with van der Waals surface area (Å²) in [6, 6.07) is 8.50. The minimum Gasteiger partial charge on any atom is -0.393 e. The Bertz CT molecular complexity index is 463. The smallest absolute Gasteiger partial charge is 0.0585 e. The van der Waals surface area contributed by atoms with E-state index in [4.69, 9.17) is 0 Å². The van der Waals surface area contributed by atoms with E-state index in [9.17, 15) is 5.11 Å². The summed E-state index contributed by atoms with van der Waals surface area (Å²) >= 11 is 0. The average molecular weight is 289 g/mol. The average Bonchev–Trinajstić information content (AvgIpc) is 2.40. The van der Waals surface area contributed by atoms with Crippen LogP contribution >= 0.6 is 0 Å².